The molecule has 308 valence electrons. The Balaban J connectivity index is 0.000000200. The molecule has 0 heterocycles. The van der Waals surface area contributed by atoms with E-state index in [-0.39, 0.29) is 10.8 Å². The molecule has 57 heavy (non-hydrogen) atoms. The molecular weight excluding hydrogens is 701 g/mol. The average Bonchev–Trinajstić information content (AvgIpc) is 3.82. The number of aryl methyl sites for hydroxylation is 4. The third kappa shape index (κ3) is 8.35. The summed E-state index contributed by atoms with van der Waals surface area (Å²) in [5.74, 6) is 6.18. The molecule has 0 radical (unpaired) electrons. The van der Waals surface area contributed by atoms with Gasteiger partial charge in [0.25, 0.3) is 0 Å². The predicted molar refractivity (Wildman–Crippen MR) is 238 cm³/mol. The topological polar surface area (TPSA) is 80.9 Å². The van der Waals surface area contributed by atoms with Gasteiger partial charge in [0.15, 0.2) is 0 Å². The Hall–Kier alpha value is -3.92. The van der Waals surface area contributed by atoms with Crippen molar-refractivity contribution in [3.05, 3.63) is 115 Å². The molecule has 7 rings (SSSR count). The van der Waals surface area contributed by atoms with Gasteiger partial charge in [0.2, 0.25) is 0 Å². The summed E-state index contributed by atoms with van der Waals surface area (Å²) in [6.07, 6.45) is 5.53. The van der Waals surface area contributed by atoms with Crippen molar-refractivity contribution in [2.75, 3.05) is 0 Å². The van der Waals surface area contributed by atoms with E-state index in [1.807, 2.05) is 12.1 Å². The molecule has 0 spiro atoms. The third-order valence-corrected chi connectivity index (χ3v) is 13.9. The summed E-state index contributed by atoms with van der Waals surface area (Å²) in [6, 6.07) is 17.0. The van der Waals surface area contributed by atoms with Gasteiger partial charge in [-0.25, -0.2) is 0 Å². The molecule has 4 heteroatoms. The van der Waals surface area contributed by atoms with Gasteiger partial charge in [-0.05, 0) is 156 Å². The molecule has 3 aliphatic rings. The molecule has 2 bridgehead atoms. The van der Waals surface area contributed by atoms with E-state index in [4.69, 9.17) is 0 Å². The van der Waals surface area contributed by atoms with Gasteiger partial charge in [-0.15, -0.1) is 0 Å². The van der Waals surface area contributed by atoms with Gasteiger partial charge in [-0.1, -0.05) is 140 Å². The molecule has 3 saturated carbocycles. The number of rotatable bonds is 6. The Morgan fingerprint density at radius 3 is 1.35 bits per heavy atom. The molecule has 4 nitrogen and oxygen atoms in total. The number of hydrogen-bond donors (Lipinski definition) is 4. The highest BCUT2D eigenvalue weighted by atomic mass is 16.3. The molecule has 0 amide bonds. The van der Waals surface area contributed by atoms with E-state index < -0.39 is 0 Å². The van der Waals surface area contributed by atoms with Gasteiger partial charge in [-0.3, -0.25) is 0 Å². The van der Waals surface area contributed by atoms with Crippen molar-refractivity contribution in [3.8, 4) is 23.0 Å². The van der Waals surface area contributed by atoms with E-state index in [0.29, 0.717) is 64.9 Å². The van der Waals surface area contributed by atoms with Gasteiger partial charge >= 0.3 is 0 Å². The summed E-state index contributed by atoms with van der Waals surface area (Å²) in [5, 5.41) is 44.1. The van der Waals surface area contributed by atoms with Crippen LogP contribution in [-0.4, -0.2) is 20.4 Å². The average molecular weight is 773 g/mol. The van der Waals surface area contributed by atoms with Crippen LogP contribution >= 0.6 is 0 Å². The first-order chi connectivity index (χ1) is 26.5. The normalized spacial score (nSPS) is 22.9. The number of benzene rings is 4. The minimum atomic E-state index is -0.129. The van der Waals surface area contributed by atoms with Gasteiger partial charge < -0.3 is 20.4 Å². The van der Waals surface area contributed by atoms with Crippen molar-refractivity contribution in [1.82, 2.24) is 0 Å². The first-order valence-electron chi connectivity index (χ1n) is 21.8. The second-order valence-electron chi connectivity index (χ2n) is 21.1. The lowest BCUT2D eigenvalue weighted by Gasteiger charge is -2.36. The molecule has 4 aromatic carbocycles. The van der Waals surface area contributed by atoms with Crippen LogP contribution < -0.4 is 0 Å². The van der Waals surface area contributed by atoms with Crippen LogP contribution in [0.25, 0.3) is 0 Å². The lowest BCUT2D eigenvalue weighted by Crippen LogP contribution is -2.27. The van der Waals surface area contributed by atoms with E-state index in [9.17, 15) is 20.4 Å². The Bertz CT molecular complexity index is 2060. The first-order valence-corrected chi connectivity index (χ1v) is 21.8. The fourth-order valence-electron chi connectivity index (χ4n) is 11.3. The van der Waals surface area contributed by atoms with Crippen LogP contribution in [0.2, 0.25) is 0 Å². The summed E-state index contributed by atoms with van der Waals surface area (Å²) >= 11 is 0. The highest BCUT2D eigenvalue weighted by Crippen LogP contribution is 2.68. The summed E-state index contributed by atoms with van der Waals surface area (Å²) in [6.45, 7) is 29.8. The molecule has 4 N–H and O–H groups in total. The number of fused-ring (bicyclic) bond motifs is 5. The van der Waals surface area contributed by atoms with Gasteiger partial charge in [0, 0.05) is 6.42 Å². The molecule has 0 saturated heterocycles. The zero-order chi connectivity index (χ0) is 42.0. The Morgan fingerprint density at radius 2 is 0.930 bits per heavy atom. The van der Waals surface area contributed by atoms with Crippen molar-refractivity contribution in [3.63, 3.8) is 0 Å². The van der Waals surface area contributed by atoms with Crippen LogP contribution in [0.4, 0.5) is 0 Å². The Morgan fingerprint density at radius 1 is 0.509 bits per heavy atom. The van der Waals surface area contributed by atoms with Crippen LogP contribution in [0, 0.1) is 51.4 Å². The van der Waals surface area contributed by atoms with E-state index in [1.165, 1.54) is 47.9 Å². The number of hydrogen-bond acceptors (Lipinski definition) is 4. The van der Waals surface area contributed by atoms with Crippen LogP contribution in [0.1, 0.15) is 185 Å². The lowest BCUT2D eigenvalue weighted by molar-refractivity contribution is 0.213. The molecule has 4 aromatic rings. The molecule has 3 fully saturated rings. The van der Waals surface area contributed by atoms with E-state index in [1.54, 1.807) is 0 Å². The quantitative estimate of drug-likeness (QED) is 0.157. The van der Waals surface area contributed by atoms with E-state index in [0.717, 1.165) is 56.3 Å². The minimum Gasteiger partial charge on any atom is -0.507 e. The maximum absolute atomic E-state index is 11.3. The van der Waals surface area contributed by atoms with Crippen molar-refractivity contribution < 1.29 is 20.4 Å². The SMILES string of the molecule is Cc1cc(C(C)C)c(O)c(C2CC3CC2C2C(c4cc(C)cc(C(C)C)c4O)CCC32)c1.Cc1cc(Cc2cc(C)cc(C(C)(C)C)c2O)c(O)c(C(C)(C)C)c1. The number of phenols is 4. The minimum absolute atomic E-state index is 0.129. The monoisotopic (exact) mass is 773 g/mol. The maximum atomic E-state index is 11.3. The van der Waals surface area contributed by atoms with Crippen LogP contribution in [0.15, 0.2) is 48.5 Å². The molecule has 0 aromatic heterocycles. The second kappa shape index (κ2) is 15.7. The largest absolute Gasteiger partial charge is 0.507 e. The van der Waals surface area contributed by atoms with E-state index in [2.05, 4.69) is 133 Å². The molecule has 3 aliphatic carbocycles. The predicted octanol–water partition coefficient (Wildman–Crippen LogP) is 13.8. The van der Waals surface area contributed by atoms with Crippen LogP contribution in [0.5, 0.6) is 23.0 Å². The van der Waals surface area contributed by atoms with Crippen molar-refractivity contribution in [1.29, 1.82) is 0 Å². The standard InChI is InChI=1S/C30H40O2.C23H32O2/c1-15(2)22-9-17(5)11-26(29(22)31)21-8-7-20-19-13-24(25(14-19)28(20)21)27-12-18(6)10-23(16(3)4)30(27)32;1-14-9-16(20(24)18(11-14)22(3,4)5)13-17-10-15(2)12-19(21(17)25)23(6,7)8/h9-12,15-16,19-21,24-25,28,31-32H,7-8,13-14H2,1-6H3;9-12,24-25H,13H2,1-8H3. The highest BCUT2D eigenvalue weighted by Gasteiger charge is 2.58. The zero-order valence-corrected chi connectivity index (χ0v) is 37.6. The summed E-state index contributed by atoms with van der Waals surface area (Å²) in [4.78, 5) is 0. The first kappa shape index (κ1) is 42.7. The maximum Gasteiger partial charge on any atom is 0.122 e. The van der Waals surface area contributed by atoms with Crippen LogP contribution in [0.3, 0.4) is 0 Å². The fourth-order valence-corrected chi connectivity index (χ4v) is 11.3. The Labute approximate surface area is 344 Å². The van der Waals surface area contributed by atoms with Crippen molar-refractivity contribution in [2.24, 2.45) is 23.7 Å². The third-order valence-electron chi connectivity index (χ3n) is 13.9. The summed E-state index contributed by atoms with van der Waals surface area (Å²) in [7, 11) is 0. The van der Waals surface area contributed by atoms with Crippen LogP contribution in [-0.2, 0) is 17.3 Å². The molecular formula is C53H72O4. The number of aromatic hydroxyl groups is 4. The van der Waals surface area contributed by atoms with Crippen molar-refractivity contribution >= 4 is 0 Å². The molecule has 6 unspecified atom stereocenters. The zero-order valence-electron chi connectivity index (χ0n) is 37.6. The highest BCUT2D eigenvalue weighted by molar-refractivity contribution is 5.54. The number of phenolic OH excluding ortho intramolecular Hbond substituents is 4. The summed E-state index contributed by atoms with van der Waals surface area (Å²) in [5.41, 5.74) is 12.7. The van der Waals surface area contributed by atoms with Crippen molar-refractivity contribution in [2.45, 2.75) is 164 Å². The lowest BCUT2D eigenvalue weighted by atomic mass is 9.68. The summed E-state index contributed by atoms with van der Waals surface area (Å²) < 4.78 is 0. The second-order valence-corrected chi connectivity index (χ2v) is 21.1. The molecule has 0 aliphatic heterocycles. The van der Waals surface area contributed by atoms with Gasteiger partial charge in [0.05, 0.1) is 0 Å². The van der Waals surface area contributed by atoms with E-state index >= 15 is 0 Å². The molecule has 6 atom stereocenters. The Kier molecular flexibility index (Phi) is 11.7. The fraction of sp³-hybridized carbons (Fsp3) is 0.547. The van der Waals surface area contributed by atoms with Gasteiger partial charge in [-0.2, -0.15) is 0 Å². The van der Waals surface area contributed by atoms with Gasteiger partial charge in [0.1, 0.15) is 23.0 Å². The smallest absolute Gasteiger partial charge is 0.122 e.